The molecule has 0 saturated heterocycles. The van der Waals surface area contributed by atoms with Crippen molar-refractivity contribution in [2.75, 3.05) is 6.54 Å². The first-order valence-corrected chi connectivity index (χ1v) is 7.04. The summed E-state index contributed by atoms with van der Waals surface area (Å²) in [4.78, 5) is 11.9. The van der Waals surface area contributed by atoms with E-state index in [1.54, 1.807) is 0 Å². The predicted octanol–water partition coefficient (Wildman–Crippen LogP) is 2.35. The molecule has 1 amide bonds. The number of nitrogens with zero attached hydrogens (tertiary/aromatic N) is 1. The molecule has 1 aromatic heterocycles. The molecule has 0 aromatic carbocycles. The summed E-state index contributed by atoms with van der Waals surface area (Å²) in [6.45, 7) is 2.81. The number of aromatic amines is 1. The number of amides is 1. The molecule has 4 nitrogen and oxygen atoms in total. The third-order valence-electron chi connectivity index (χ3n) is 3.83. The van der Waals surface area contributed by atoms with Crippen molar-refractivity contribution in [2.45, 2.75) is 51.9 Å². The fourth-order valence-corrected chi connectivity index (χ4v) is 2.63. The van der Waals surface area contributed by atoms with Crippen LogP contribution in [0.1, 0.15) is 49.8 Å². The standard InChI is InChI=1S/C14H23N3O/c1-11-13(10-16-17-11)8-5-9-15-14(18)12-6-3-2-4-7-12/h10,12H,2-9H2,1H3,(H,15,18)(H,16,17). The number of aryl methyl sites for hydroxylation is 2. The minimum absolute atomic E-state index is 0.263. The van der Waals surface area contributed by atoms with E-state index < -0.39 is 0 Å². The van der Waals surface area contributed by atoms with Crippen LogP contribution in [0.15, 0.2) is 6.20 Å². The van der Waals surface area contributed by atoms with Crippen molar-refractivity contribution in [1.29, 1.82) is 0 Å². The Morgan fingerprint density at radius 1 is 1.44 bits per heavy atom. The van der Waals surface area contributed by atoms with Crippen LogP contribution in [-0.2, 0) is 11.2 Å². The average molecular weight is 249 g/mol. The van der Waals surface area contributed by atoms with Gasteiger partial charge in [-0.3, -0.25) is 9.89 Å². The highest BCUT2D eigenvalue weighted by atomic mass is 16.1. The zero-order valence-corrected chi connectivity index (χ0v) is 11.2. The summed E-state index contributed by atoms with van der Waals surface area (Å²) >= 11 is 0. The highest BCUT2D eigenvalue weighted by Gasteiger charge is 2.20. The minimum atomic E-state index is 0.263. The van der Waals surface area contributed by atoms with E-state index in [0.29, 0.717) is 0 Å². The molecule has 0 atom stereocenters. The molecule has 1 aromatic rings. The Bertz CT molecular complexity index is 380. The highest BCUT2D eigenvalue weighted by Crippen LogP contribution is 2.23. The molecule has 100 valence electrons. The highest BCUT2D eigenvalue weighted by molar-refractivity contribution is 5.78. The molecule has 0 aliphatic heterocycles. The molecule has 4 heteroatoms. The van der Waals surface area contributed by atoms with Gasteiger partial charge < -0.3 is 5.32 Å². The predicted molar refractivity (Wildman–Crippen MR) is 71.2 cm³/mol. The quantitative estimate of drug-likeness (QED) is 0.787. The first kappa shape index (κ1) is 13.1. The van der Waals surface area contributed by atoms with Crippen molar-refractivity contribution in [3.8, 4) is 0 Å². The number of rotatable bonds is 5. The molecular weight excluding hydrogens is 226 g/mol. The van der Waals surface area contributed by atoms with E-state index in [1.807, 2.05) is 13.1 Å². The zero-order valence-electron chi connectivity index (χ0n) is 11.2. The van der Waals surface area contributed by atoms with Gasteiger partial charge in [0, 0.05) is 18.2 Å². The summed E-state index contributed by atoms with van der Waals surface area (Å²) in [5.74, 6) is 0.535. The van der Waals surface area contributed by atoms with Crippen LogP contribution in [0, 0.1) is 12.8 Å². The number of nitrogens with one attached hydrogen (secondary N) is 2. The second kappa shape index (κ2) is 6.57. The van der Waals surface area contributed by atoms with E-state index >= 15 is 0 Å². The second-order valence-electron chi connectivity index (χ2n) is 5.25. The van der Waals surface area contributed by atoms with Crippen molar-refractivity contribution in [3.63, 3.8) is 0 Å². The van der Waals surface area contributed by atoms with Crippen LogP contribution in [0.4, 0.5) is 0 Å². The third kappa shape index (κ3) is 3.59. The summed E-state index contributed by atoms with van der Waals surface area (Å²) in [5.41, 5.74) is 2.38. The molecular formula is C14H23N3O. The van der Waals surface area contributed by atoms with Crippen molar-refractivity contribution in [2.24, 2.45) is 5.92 Å². The van der Waals surface area contributed by atoms with Crippen LogP contribution in [0.2, 0.25) is 0 Å². The molecule has 0 bridgehead atoms. The second-order valence-corrected chi connectivity index (χ2v) is 5.25. The third-order valence-corrected chi connectivity index (χ3v) is 3.83. The summed E-state index contributed by atoms with van der Waals surface area (Å²) < 4.78 is 0. The van der Waals surface area contributed by atoms with Crippen LogP contribution in [-0.4, -0.2) is 22.6 Å². The molecule has 0 unspecified atom stereocenters. The molecule has 1 fully saturated rings. The van der Waals surface area contributed by atoms with Gasteiger partial charge in [-0.2, -0.15) is 5.10 Å². The van der Waals surface area contributed by atoms with E-state index in [2.05, 4.69) is 15.5 Å². The van der Waals surface area contributed by atoms with Gasteiger partial charge in [0.1, 0.15) is 0 Å². The van der Waals surface area contributed by atoms with Crippen LogP contribution >= 0.6 is 0 Å². The molecule has 18 heavy (non-hydrogen) atoms. The smallest absolute Gasteiger partial charge is 0.223 e. The maximum Gasteiger partial charge on any atom is 0.223 e. The Morgan fingerprint density at radius 2 is 2.22 bits per heavy atom. The van der Waals surface area contributed by atoms with Crippen LogP contribution in [0.3, 0.4) is 0 Å². The number of carbonyl (C=O) groups is 1. The molecule has 1 aliphatic carbocycles. The largest absolute Gasteiger partial charge is 0.356 e. The van der Waals surface area contributed by atoms with Crippen molar-refractivity contribution >= 4 is 5.91 Å². The van der Waals surface area contributed by atoms with Crippen molar-refractivity contribution in [1.82, 2.24) is 15.5 Å². The van der Waals surface area contributed by atoms with Gasteiger partial charge in [0.2, 0.25) is 5.91 Å². The topological polar surface area (TPSA) is 57.8 Å². The van der Waals surface area contributed by atoms with Gasteiger partial charge in [0.05, 0.1) is 6.20 Å². The fourth-order valence-electron chi connectivity index (χ4n) is 2.63. The van der Waals surface area contributed by atoms with Gasteiger partial charge in [-0.15, -0.1) is 0 Å². The van der Waals surface area contributed by atoms with Crippen LogP contribution in [0.25, 0.3) is 0 Å². The Labute approximate surface area is 109 Å². The first-order valence-electron chi connectivity index (χ1n) is 7.04. The van der Waals surface area contributed by atoms with E-state index in [0.717, 1.165) is 37.9 Å². The van der Waals surface area contributed by atoms with Gasteiger partial charge in [-0.1, -0.05) is 19.3 Å². The van der Waals surface area contributed by atoms with Gasteiger partial charge in [-0.25, -0.2) is 0 Å². The Kier molecular flexibility index (Phi) is 4.79. The molecule has 1 heterocycles. The fraction of sp³-hybridized carbons (Fsp3) is 0.714. The van der Waals surface area contributed by atoms with Crippen molar-refractivity contribution < 1.29 is 4.79 Å². The van der Waals surface area contributed by atoms with Gasteiger partial charge >= 0.3 is 0 Å². The van der Waals surface area contributed by atoms with Crippen LogP contribution < -0.4 is 5.32 Å². The maximum atomic E-state index is 11.9. The Hall–Kier alpha value is -1.32. The Balaban J connectivity index is 1.63. The van der Waals surface area contributed by atoms with Gasteiger partial charge in [-0.05, 0) is 38.2 Å². The van der Waals surface area contributed by atoms with E-state index in [4.69, 9.17) is 0 Å². The molecule has 2 N–H and O–H groups in total. The SMILES string of the molecule is Cc1[nH]ncc1CCCNC(=O)C1CCCCC1. The van der Waals surface area contributed by atoms with E-state index in [-0.39, 0.29) is 11.8 Å². The number of H-pyrrole nitrogens is 1. The molecule has 1 saturated carbocycles. The molecule has 0 radical (unpaired) electrons. The number of hydrogen-bond donors (Lipinski definition) is 2. The van der Waals surface area contributed by atoms with Gasteiger partial charge in [0.15, 0.2) is 0 Å². The first-order chi connectivity index (χ1) is 8.77. The van der Waals surface area contributed by atoms with Crippen LogP contribution in [0.5, 0.6) is 0 Å². The normalized spacial score (nSPS) is 16.7. The minimum Gasteiger partial charge on any atom is -0.356 e. The lowest BCUT2D eigenvalue weighted by Gasteiger charge is -2.20. The average Bonchev–Trinajstić information content (AvgIpc) is 2.81. The summed E-state index contributed by atoms with van der Waals surface area (Å²) in [6, 6.07) is 0. The summed E-state index contributed by atoms with van der Waals surface area (Å²) in [6.07, 6.45) is 9.71. The van der Waals surface area contributed by atoms with E-state index in [9.17, 15) is 4.79 Å². The van der Waals surface area contributed by atoms with Crippen molar-refractivity contribution in [3.05, 3.63) is 17.5 Å². The lowest BCUT2D eigenvalue weighted by Crippen LogP contribution is -2.32. The molecule has 0 spiro atoms. The Morgan fingerprint density at radius 3 is 2.89 bits per heavy atom. The summed E-state index contributed by atoms with van der Waals surface area (Å²) in [5, 5.41) is 9.99. The van der Waals surface area contributed by atoms with E-state index in [1.165, 1.54) is 24.8 Å². The summed E-state index contributed by atoms with van der Waals surface area (Å²) in [7, 11) is 0. The molecule has 1 aliphatic rings. The number of hydrogen-bond acceptors (Lipinski definition) is 2. The number of aromatic nitrogens is 2. The van der Waals surface area contributed by atoms with Gasteiger partial charge in [0.25, 0.3) is 0 Å². The molecule has 2 rings (SSSR count). The number of carbonyl (C=O) groups excluding carboxylic acids is 1. The lowest BCUT2D eigenvalue weighted by atomic mass is 9.88. The lowest BCUT2D eigenvalue weighted by molar-refractivity contribution is -0.125. The maximum absolute atomic E-state index is 11.9. The zero-order chi connectivity index (χ0) is 12.8. The monoisotopic (exact) mass is 249 g/mol.